The van der Waals surface area contributed by atoms with E-state index in [2.05, 4.69) is 5.10 Å². The maximum atomic E-state index is 14.3. The quantitative estimate of drug-likeness (QED) is 0.335. The predicted octanol–water partition coefficient (Wildman–Crippen LogP) is 7.66. The van der Waals surface area contributed by atoms with E-state index in [0.717, 1.165) is 4.68 Å². The summed E-state index contributed by atoms with van der Waals surface area (Å²) in [5.74, 6) is 0. The highest BCUT2D eigenvalue weighted by Gasteiger charge is 2.73. The second kappa shape index (κ2) is 8.14. The zero-order valence-electron chi connectivity index (χ0n) is 15.2. The van der Waals surface area contributed by atoms with E-state index in [4.69, 9.17) is 40.1 Å². The Balaban J connectivity index is 2.10. The maximum Gasteiger partial charge on any atom is 0.435 e. The van der Waals surface area contributed by atoms with E-state index >= 15 is 0 Å². The number of halogens is 10. The van der Waals surface area contributed by atoms with Crippen LogP contribution in [0.3, 0.4) is 0 Å². The number of rotatable bonds is 3. The number of aromatic nitrogens is 2. The van der Waals surface area contributed by atoms with Crippen molar-refractivity contribution < 1.29 is 30.7 Å². The number of benzene rings is 2. The van der Waals surface area contributed by atoms with Crippen LogP contribution < -0.4 is 0 Å². The third kappa shape index (κ3) is 4.00. The van der Waals surface area contributed by atoms with Crippen molar-refractivity contribution in [3.8, 4) is 22.9 Å². The van der Waals surface area contributed by atoms with E-state index in [0.29, 0.717) is 11.1 Å². The van der Waals surface area contributed by atoms with Gasteiger partial charge in [0.1, 0.15) is 11.8 Å². The van der Waals surface area contributed by atoms with Crippen LogP contribution in [0.1, 0.15) is 11.1 Å². The first-order chi connectivity index (χ1) is 14.7. The lowest BCUT2D eigenvalue weighted by Gasteiger charge is -2.30. The number of nitrogens with zero attached hydrogens (tertiary/aromatic N) is 3. The van der Waals surface area contributed by atoms with Gasteiger partial charge in [-0.15, -0.1) is 0 Å². The Labute approximate surface area is 190 Å². The van der Waals surface area contributed by atoms with Crippen molar-refractivity contribution in [2.45, 2.75) is 18.0 Å². The van der Waals surface area contributed by atoms with Gasteiger partial charge in [0.05, 0.1) is 26.8 Å². The minimum atomic E-state index is -6.31. The van der Waals surface area contributed by atoms with Gasteiger partial charge in [0.2, 0.25) is 0 Å². The molecule has 1 heterocycles. The summed E-state index contributed by atoms with van der Waals surface area (Å²) in [6.45, 7) is 0. The van der Waals surface area contributed by atoms with Gasteiger partial charge in [-0.2, -0.15) is 36.7 Å². The van der Waals surface area contributed by atoms with Crippen LogP contribution in [0.4, 0.5) is 30.7 Å². The molecule has 0 fully saturated rings. The minimum absolute atomic E-state index is 0.163. The fraction of sp³-hybridized carbons (Fsp3) is 0.158. The van der Waals surface area contributed by atoms with Gasteiger partial charge in [-0.25, -0.2) is 9.07 Å². The third-order valence-electron chi connectivity index (χ3n) is 4.43. The molecule has 1 aromatic heterocycles. The minimum Gasteiger partial charge on any atom is -0.237 e. The molecule has 0 saturated heterocycles. The van der Waals surface area contributed by atoms with Crippen molar-refractivity contribution in [1.29, 1.82) is 5.26 Å². The normalized spacial score (nSPS) is 12.7. The van der Waals surface area contributed by atoms with E-state index in [1.54, 1.807) is 6.07 Å². The number of hydrogen-bond donors (Lipinski definition) is 0. The molecule has 0 radical (unpaired) electrons. The monoisotopic (exact) mass is 515 g/mol. The molecule has 0 saturated carbocycles. The average Bonchev–Trinajstić information content (AvgIpc) is 3.14. The van der Waals surface area contributed by atoms with Crippen LogP contribution in [0.15, 0.2) is 42.7 Å². The van der Waals surface area contributed by atoms with Crippen LogP contribution in [-0.2, 0) is 5.67 Å². The highest BCUT2D eigenvalue weighted by atomic mass is 35.5. The van der Waals surface area contributed by atoms with Gasteiger partial charge < -0.3 is 0 Å². The molecule has 0 aliphatic heterocycles. The Kier molecular flexibility index (Phi) is 6.15. The lowest BCUT2D eigenvalue weighted by atomic mass is 9.94. The molecule has 0 atom stereocenters. The van der Waals surface area contributed by atoms with Crippen molar-refractivity contribution in [2.24, 2.45) is 0 Å². The molecule has 3 aromatic rings. The first kappa shape index (κ1) is 24.2. The highest BCUT2D eigenvalue weighted by Crippen LogP contribution is 2.54. The van der Waals surface area contributed by atoms with Crippen LogP contribution in [0.5, 0.6) is 0 Å². The highest BCUT2D eigenvalue weighted by molar-refractivity contribution is 6.37. The van der Waals surface area contributed by atoms with Gasteiger partial charge in [-0.05, 0) is 29.8 Å². The number of hydrogen-bond acceptors (Lipinski definition) is 2. The van der Waals surface area contributed by atoms with E-state index in [1.807, 2.05) is 6.07 Å². The molecule has 0 aliphatic carbocycles. The summed E-state index contributed by atoms with van der Waals surface area (Å²) in [7, 11) is 0. The summed E-state index contributed by atoms with van der Waals surface area (Å²) in [5, 5.41) is 11.8. The zero-order valence-corrected chi connectivity index (χ0v) is 17.4. The van der Waals surface area contributed by atoms with Crippen molar-refractivity contribution in [3.63, 3.8) is 0 Å². The second-order valence-corrected chi connectivity index (χ2v) is 7.64. The molecule has 32 heavy (non-hydrogen) atoms. The standard InChI is InChI=1S/C19H7Cl3F7N3/c20-13-2-1-9(3-10(13)6-30)11-7-31-32(8-11)16-14(21)4-12(5-15(16)22)17(23,18(24,25)26)19(27,28)29/h1-5,7-8H. The van der Waals surface area contributed by atoms with Crippen LogP contribution in [-0.4, -0.2) is 22.1 Å². The molecule has 0 amide bonds. The smallest absolute Gasteiger partial charge is 0.237 e. The fourth-order valence-corrected chi connectivity index (χ4v) is 3.68. The van der Waals surface area contributed by atoms with Crippen LogP contribution >= 0.6 is 34.8 Å². The van der Waals surface area contributed by atoms with Crippen LogP contribution in [0, 0.1) is 11.3 Å². The fourth-order valence-electron chi connectivity index (χ4n) is 2.86. The van der Waals surface area contributed by atoms with Gasteiger partial charge in [-0.3, -0.25) is 0 Å². The van der Waals surface area contributed by atoms with E-state index < -0.39 is 33.6 Å². The first-order valence-corrected chi connectivity index (χ1v) is 9.41. The van der Waals surface area contributed by atoms with Crippen LogP contribution in [0.2, 0.25) is 15.1 Å². The Morgan fingerprint density at radius 1 is 0.812 bits per heavy atom. The lowest BCUT2D eigenvalue weighted by Crippen LogP contribution is -2.50. The van der Waals surface area contributed by atoms with Gasteiger partial charge in [0.15, 0.2) is 0 Å². The third-order valence-corrected chi connectivity index (χ3v) is 5.33. The second-order valence-electron chi connectivity index (χ2n) is 6.42. The maximum absolute atomic E-state index is 14.3. The molecule has 0 aliphatic rings. The van der Waals surface area contributed by atoms with Crippen molar-refractivity contribution in [2.75, 3.05) is 0 Å². The Hall–Kier alpha value is -2.48. The van der Waals surface area contributed by atoms with Crippen molar-refractivity contribution in [1.82, 2.24) is 9.78 Å². The van der Waals surface area contributed by atoms with Crippen molar-refractivity contribution >= 4 is 34.8 Å². The molecule has 0 spiro atoms. The molecule has 0 unspecified atom stereocenters. The Bertz CT molecular complexity index is 1190. The summed E-state index contributed by atoms with van der Waals surface area (Å²) < 4.78 is 93.5. The Morgan fingerprint density at radius 2 is 1.38 bits per heavy atom. The summed E-state index contributed by atoms with van der Waals surface area (Å²) in [6, 6.07) is 6.73. The summed E-state index contributed by atoms with van der Waals surface area (Å²) in [5.41, 5.74) is -6.73. The lowest BCUT2D eigenvalue weighted by molar-refractivity contribution is -0.348. The van der Waals surface area contributed by atoms with Crippen LogP contribution in [0.25, 0.3) is 16.8 Å². The van der Waals surface area contributed by atoms with Gasteiger partial charge in [-0.1, -0.05) is 40.9 Å². The number of alkyl halides is 7. The zero-order chi connectivity index (χ0) is 24.1. The molecule has 168 valence electrons. The molecule has 3 rings (SSSR count). The van der Waals surface area contributed by atoms with Crippen molar-refractivity contribution in [3.05, 3.63) is 68.9 Å². The van der Waals surface area contributed by atoms with Gasteiger partial charge in [0, 0.05) is 17.3 Å². The van der Waals surface area contributed by atoms with Gasteiger partial charge in [0.25, 0.3) is 0 Å². The summed E-state index contributed by atoms with van der Waals surface area (Å²) in [6.07, 6.45) is -10.0. The molecule has 3 nitrogen and oxygen atoms in total. The van der Waals surface area contributed by atoms with E-state index in [9.17, 15) is 30.7 Å². The topological polar surface area (TPSA) is 41.6 Å². The van der Waals surface area contributed by atoms with E-state index in [-0.39, 0.29) is 28.4 Å². The molecule has 0 bridgehead atoms. The average molecular weight is 517 g/mol. The SMILES string of the molecule is N#Cc1cc(-c2cnn(-c3c(Cl)cc(C(F)(C(F)(F)F)C(F)(F)F)cc3Cl)c2)ccc1Cl. The molecule has 2 aromatic carbocycles. The Morgan fingerprint density at radius 3 is 1.88 bits per heavy atom. The molecular formula is C19H7Cl3F7N3. The molecular weight excluding hydrogens is 510 g/mol. The van der Waals surface area contributed by atoms with Gasteiger partial charge >= 0.3 is 18.0 Å². The van der Waals surface area contributed by atoms with E-state index in [1.165, 1.54) is 24.5 Å². The summed E-state index contributed by atoms with van der Waals surface area (Å²) >= 11 is 17.7. The predicted molar refractivity (Wildman–Crippen MR) is 104 cm³/mol. The number of nitriles is 1. The molecule has 0 N–H and O–H groups in total. The first-order valence-electron chi connectivity index (χ1n) is 8.27. The molecule has 13 heteroatoms. The summed E-state index contributed by atoms with van der Waals surface area (Å²) in [4.78, 5) is 0. The largest absolute Gasteiger partial charge is 0.435 e.